The zero-order chi connectivity index (χ0) is 18.3. The first-order valence-electron chi connectivity index (χ1n) is 7.47. The van der Waals surface area contributed by atoms with Gasteiger partial charge in [-0.2, -0.15) is 0 Å². The van der Waals surface area contributed by atoms with Crippen LogP contribution in [0.25, 0.3) is 0 Å². The van der Waals surface area contributed by atoms with Crippen molar-refractivity contribution in [3.05, 3.63) is 77.9 Å². The van der Waals surface area contributed by atoms with E-state index in [-0.39, 0.29) is 11.4 Å². The average molecular weight is 359 g/mol. The zero-order valence-corrected chi connectivity index (χ0v) is 14.1. The Morgan fingerprint density at radius 1 is 0.960 bits per heavy atom. The number of benzene rings is 2. The quantitative estimate of drug-likeness (QED) is 0.555. The van der Waals surface area contributed by atoms with Crippen LogP contribution in [0.4, 0.5) is 0 Å². The Morgan fingerprint density at radius 2 is 1.60 bits per heavy atom. The number of carboxylic acids is 1. The summed E-state index contributed by atoms with van der Waals surface area (Å²) >= 11 is 0. The minimum atomic E-state index is -3.54. The highest BCUT2D eigenvalue weighted by molar-refractivity contribution is 7.89. The molecule has 0 radical (unpaired) electrons. The molecule has 2 aromatic carbocycles. The van der Waals surface area contributed by atoms with Crippen molar-refractivity contribution in [2.75, 3.05) is 6.54 Å². The average Bonchev–Trinajstić information content (AvgIpc) is 2.61. The molecule has 130 valence electrons. The maximum absolute atomic E-state index is 12.1. The van der Waals surface area contributed by atoms with Crippen molar-refractivity contribution in [3.8, 4) is 0 Å². The molecule has 25 heavy (non-hydrogen) atoms. The lowest BCUT2D eigenvalue weighted by atomic mass is 10.1. The van der Waals surface area contributed by atoms with E-state index in [9.17, 15) is 18.0 Å². The van der Waals surface area contributed by atoms with Gasteiger partial charge in [0.25, 0.3) is 0 Å². The van der Waals surface area contributed by atoms with Crippen LogP contribution in [0.1, 0.15) is 15.9 Å². The van der Waals surface area contributed by atoms with Gasteiger partial charge in [-0.3, -0.25) is 4.79 Å². The normalized spacial score (nSPS) is 11.5. The van der Waals surface area contributed by atoms with Crippen LogP contribution in [0.2, 0.25) is 0 Å². The molecule has 0 saturated carbocycles. The van der Waals surface area contributed by atoms with E-state index in [1.54, 1.807) is 42.5 Å². The lowest BCUT2D eigenvalue weighted by molar-refractivity contribution is -0.131. The van der Waals surface area contributed by atoms with Crippen LogP contribution in [0.3, 0.4) is 0 Å². The first-order valence-corrected chi connectivity index (χ1v) is 8.96. The smallest absolute Gasteiger partial charge is 0.328 e. The van der Waals surface area contributed by atoms with Gasteiger partial charge in [-0.1, -0.05) is 42.5 Å². The van der Waals surface area contributed by atoms with Gasteiger partial charge in [0.15, 0.2) is 5.78 Å². The van der Waals surface area contributed by atoms with Gasteiger partial charge >= 0.3 is 5.97 Å². The van der Waals surface area contributed by atoms with E-state index in [0.29, 0.717) is 12.0 Å². The fourth-order valence-electron chi connectivity index (χ4n) is 2.09. The Kier molecular flexibility index (Phi) is 6.21. The third-order valence-corrected chi connectivity index (χ3v) is 4.85. The summed E-state index contributed by atoms with van der Waals surface area (Å²) in [7, 11) is -3.54. The molecule has 0 unspecified atom stereocenters. The number of ketones is 1. The van der Waals surface area contributed by atoms with Gasteiger partial charge in [-0.25, -0.2) is 17.9 Å². The summed E-state index contributed by atoms with van der Waals surface area (Å²) in [5, 5.41) is 8.50. The highest BCUT2D eigenvalue weighted by atomic mass is 32.2. The Hall–Kier alpha value is -2.77. The van der Waals surface area contributed by atoms with Crippen LogP contribution in [-0.4, -0.2) is 31.8 Å². The SMILES string of the molecule is O=C(O)C=CC(=O)c1ccc(CCNS(=O)(=O)c2ccccc2)cc1. The van der Waals surface area contributed by atoms with Crippen LogP contribution in [0, 0.1) is 0 Å². The molecule has 0 bridgehead atoms. The monoisotopic (exact) mass is 359 g/mol. The van der Waals surface area contributed by atoms with Gasteiger partial charge in [0.05, 0.1) is 4.90 Å². The molecule has 0 aliphatic carbocycles. The molecule has 7 heteroatoms. The number of hydrogen-bond donors (Lipinski definition) is 2. The fourth-order valence-corrected chi connectivity index (χ4v) is 3.14. The van der Waals surface area contributed by atoms with Crippen LogP contribution < -0.4 is 4.72 Å². The molecule has 0 aromatic heterocycles. The minimum absolute atomic E-state index is 0.209. The molecule has 0 aliphatic rings. The van der Waals surface area contributed by atoms with Crippen molar-refractivity contribution in [1.29, 1.82) is 0 Å². The molecule has 2 rings (SSSR count). The second-order valence-corrected chi connectivity index (χ2v) is 6.96. The Labute approximate surface area is 145 Å². The number of hydrogen-bond acceptors (Lipinski definition) is 4. The van der Waals surface area contributed by atoms with Gasteiger partial charge in [0.2, 0.25) is 10.0 Å². The molecule has 2 N–H and O–H groups in total. The van der Waals surface area contributed by atoms with E-state index in [2.05, 4.69) is 4.72 Å². The molecule has 6 nitrogen and oxygen atoms in total. The Balaban J connectivity index is 1.92. The van der Waals surface area contributed by atoms with Crippen LogP contribution in [-0.2, 0) is 21.2 Å². The van der Waals surface area contributed by atoms with Crippen molar-refractivity contribution in [3.63, 3.8) is 0 Å². The second kappa shape index (κ2) is 8.36. The third kappa shape index (κ3) is 5.66. The first kappa shape index (κ1) is 18.6. The number of carboxylic acid groups (broad SMARTS) is 1. The molecule has 0 aliphatic heterocycles. The Bertz CT molecular complexity index is 871. The molecule has 2 aromatic rings. The maximum Gasteiger partial charge on any atom is 0.328 e. The number of allylic oxidation sites excluding steroid dienone is 1. The molecule has 0 atom stereocenters. The van der Waals surface area contributed by atoms with Crippen LogP contribution in [0.15, 0.2) is 71.6 Å². The van der Waals surface area contributed by atoms with E-state index in [4.69, 9.17) is 5.11 Å². The van der Waals surface area contributed by atoms with Crippen LogP contribution in [0.5, 0.6) is 0 Å². The molecule has 0 heterocycles. The minimum Gasteiger partial charge on any atom is -0.478 e. The van der Waals surface area contributed by atoms with E-state index < -0.39 is 21.8 Å². The topological polar surface area (TPSA) is 101 Å². The lowest BCUT2D eigenvalue weighted by Gasteiger charge is -2.07. The number of aliphatic carboxylic acids is 1. The molecular formula is C18H17NO5S. The van der Waals surface area contributed by atoms with Crippen LogP contribution >= 0.6 is 0 Å². The predicted octanol–water partition coefficient (Wildman–Crippen LogP) is 2.03. The number of carbonyl (C=O) groups is 2. The summed E-state index contributed by atoms with van der Waals surface area (Å²) in [4.78, 5) is 22.3. The number of sulfonamides is 1. The summed E-state index contributed by atoms with van der Waals surface area (Å²) in [6.45, 7) is 0.226. The first-order chi connectivity index (χ1) is 11.9. The number of nitrogens with one attached hydrogen (secondary N) is 1. The van der Waals surface area contributed by atoms with E-state index in [1.807, 2.05) is 0 Å². The van der Waals surface area contributed by atoms with Gasteiger partial charge < -0.3 is 5.11 Å². The summed E-state index contributed by atoms with van der Waals surface area (Å²) in [6, 6.07) is 14.7. The lowest BCUT2D eigenvalue weighted by Crippen LogP contribution is -2.25. The standard InChI is InChI=1S/C18H17NO5S/c20-17(10-11-18(21)22)15-8-6-14(7-9-15)12-13-19-25(23,24)16-4-2-1-3-5-16/h1-11,19H,12-13H2,(H,21,22). The maximum atomic E-state index is 12.1. The Morgan fingerprint density at radius 3 is 2.20 bits per heavy atom. The summed E-state index contributed by atoms with van der Waals surface area (Å²) in [6.07, 6.45) is 2.24. The summed E-state index contributed by atoms with van der Waals surface area (Å²) < 4.78 is 26.7. The van der Waals surface area contributed by atoms with Gasteiger partial charge in [0.1, 0.15) is 0 Å². The van der Waals surface area contributed by atoms with Crippen molar-refractivity contribution >= 4 is 21.8 Å². The van der Waals surface area contributed by atoms with Gasteiger partial charge in [-0.15, -0.1) is 0 Å². The number of rotatable bonds is 8. The highest BCUT2D eigenvalue weighted by Gasteiger charge is 2.12. The third-order valence-electron chi connectivity index (χ3n) is 3.38. The van der Waals surface area contributed by atoms with Crippen molar-refractivity contribution < 1.29 is 23.1 Å². The highest BCUT2D eigenvalue weighted by Crippen LogP contribution is 2.09. The van der Waals surface area contributed by atoms with E-state index in [1.165, 1.54) is 12.1 Å². The summed E-state index contributed by atoms with van der Waals surface area (Å²) in [5.41, 5.74) is 1.22. The molecule has 0 fully saturated rings. The fraction of sp³-hybridized carbons (Fsp3) is 0.111. The molecule has 0 spiro atoms. The van der Waals surface area contributed by atoms with Gasteiger partial charge in [-0.05, 0) is 30.2 Å². The largest absolute Gasteiger partial charge is 0.478 e. The van der Waals surface area contributed by atoms with Gasteiger partial charge in [0, 0.05) is 18.2 Å². The predicted molar refractivity (Wildman–Crippen MR) is 92.9 cm³/mol. The van der Waals surface area contributed by atoms with Crippen molar-refractivity contribution in [2.24, 2.45) is 0 Å². The van der Waals surface area contributed by atoms with E-state index in [0.717, 1.165) is 17.7 Å². The molecular weight excluding hydrogens is 342 g/mol. The van der Waals surface area contributed by atoms with E-state index >= 15 is 0 Å². The molecule has 0 saturated heterocycles. The van der Waals surface area contributed by atoms with Crippen molar-refractivity contribution in [2.45, 2.75) is 11.3 Å². The second-order valence-electron chi connectivity index (χ2n) is 5.19. The van der Waals surface area contributed by atoms with Crippen molar-refractivity contribution in [1.82, 2.24) is 4.72 Å². The molecule has 0 amide bonds. The number of carbonyl (C=O) groups excluding carboxylic acids is 1. The summed E-state index contributed by atoms with van der Waals surface area (Å²) in [5.74, 6) is -1.59. The zero-order valence-electron chi connectivity index (χ0n) is 13.3.